The Morgan fingerprint density at radius 1 is 1.29 bits per heavy atom. The van der Waals surface area contributed by atoms with E-state index in [1.54, 1.807) is 6.20 Å². The average Bonchev–Trinajstić information content (AvgIpc) is 3.17. The zero-order valence-corrected chi connectivity index (χ0v) is 12.9. The highest BCUT2D eigenvalue weighted by Gasteiger charge is 2.47. The minimum atomic E-state index is -0.172. The molecule has 0 bridgehead atoms. The van der Waals surface area contributed by atoms with Crippen LogP contribution in [0.25, 0.3) is 0 Å². The maximum atomic E-state index is 14.4. The van der Waals surface area contributed by atoms with Crippen LogP contribution in [0.3, 0.4) is 0 Å². The van der Waals surface area contributed by atoms with Gasteiger partial charge in [-0.1, -0.05) is 19.8 Å². The van der Waals surface area contributed by atoms with Crippen molar-refractivity contribution < 1.29 is 4.39 Å². The van der Waals surface area contributed by atoms with Gasteiger partial charge < -0.3 is 5.32 Å². The number of aromatic nitrogens is 1. The molecule has 1 aromatic heterocycles. The smallest absolute Gasteiger partial charge is 0.146 e. The highest BCUT2D eigenvalue weighted by atomic mass is 19.1. The van der Waals surface area contributed by atoms with E-state index in [9.17, 15) is 4.39 Å². The zero-order chi connectivity index (χ0) is 14.7. The van der Waals surface area contributed by atoms with E-state index in [-0.39, 0.29) is 17.4 Å². The Morgan fingerprint density at radius 2 is 2.00 bits per heavy atom. The minimum Gasteiger partial charge on any atom is -0.309 e. The molecule has 2 aliphatic rings. The van der Waals surface area contributed by atoms with Crippen LogP contribution in [-0.4, -0.2) is 35.1 Å². The van der Waals surface area contributed by atoms with Gasteiger partial charge in [-0.15, -0.1) is 0 Å². The standard InChI is InChI=1S/C17H26FN3/c1-2-20-16(14-7-10-19-13-15(14)18)17(8-3-4-9-17)21-11-5-6-12-21/h7,10,13,16,20H,2-6,8-9,11-12H2,1H3. The number of rotatable bonds is 5. The number of nitrogens with one attached hydrogen (secondary N) is 1. The Morgan fingerprint density at radius 3 is 2.62 bits per heavy atom. The van der Waals surface area contributed by atoms with Crippen molar-refractivity contribution in [2.75, 3.05) is 19.6 Å². The van der Waals surface area contributed by atoms with Gasteiger partial charge in [0.25, 0.3) is 0 Å². The highest BCUT2D eigenvalue weighted by molar-refractivity contribution is 5.24. The first-order valence-corrected chi connectivity index (χ1v) is 8.36. The summed E-state index contributed by atoms with van der Waals surface area (Å²) in [5, 5.41) is 3.59. The predicted octanol–water partition coefficient (Wildman–Crippen LogP) is 3.28. The Hall–Kier alpha value is -1.00. The SMILES string of the molecule is CCNC(c1ccncc1F)C1(N2CCCC2)CCCC1. The van der Waals surface area contributed by atoms with Crippen molar-refractivity contribution in [3.8, 4) is 0 Å². The quantitative estimate of drug-likeness (QED) is 0.902. The van der Waals surface area contributed by atoms with E-state index in [1.807, 2.05) is 6.07 Å². The maximum absolute atomic E-state index is 14.4. The fourth-order valence-electron chi connectivity index (χ4n) is 4.35. The average molecular weight is 291 g/mol. The van der Waals surface area contributed by atoms with Crippen molar-refractivity contribution >= 4 is 0 Å². The first kappa shape index (κ1) is 14.9. The van der Waals surface area contributed by atoms with Crippen LogP contribution in [0.15, 0.2) is 18.5 Å². The van der Waals surface area contributed by atoms with Gasteiger partial charge in [-0.05, 0) is 51.4 Å². The van der Waals surface area contributed by atoms with Crippen molar-refractivity contribution in [3.05, 3.63) is 29.8 Å². The summed E-state index contributed by atoms with van der Waals surface area (Å²) in [4.78, 5) is 6.55. The van der Waals surface area contributed by atoms with Crippen LogP contribution < -0.4 is 5.32 Å². The van der Waals surface area contributed by atoms with Gasteiger partial charge in [0.1, 0.15) is 5.82 Å². The summed E-state index contributed by atoms with van der Waals surface area (Å²) < 4.78 is 14.4. The molecular formula is C17H26FN3. The van der Waals surface area contributed by atoms with Gasteiger partial charge in [-0.3, -0.25) is 9.88 Å². The molecule has 0 radical (unpaired) electrons. The van der Waals surface area contributed by atoms with Crippen molar-refractivity contribution in [2.24, 2.45) is 0 Å². The van der Waals surface area contributed by atoms with Gasteiger partial charge in [0.05, 0.1) is 12.2 Å². The van der Waals surface area contributed by atoms with Crippen molar-refractivity contribution in [1.29, 1.82) is 0 Å². The second-order valence-electron chi connectivity index (χ2n) is 6.39. The molecule has 1 aliphatic carbocycles. The monoisotopic (exact) mass is 291 g/mol. The Kier molecular flexibility index (Phi) is 4.55. The lowest BCUT2D eigenvalue weighted by atomic mass is 9.82. The molecule has 4 heteroatoms. The van der Waals surface area contributed by atoms with Crippen LogP contribution in [0.1, 0.15) is 57.1 Å². The van der Waals surface area contributed by atoms with Gasteiger partial charge in [0, 0.05) is 17.3 Å². The summed E-state index contributed by atoms with van der Waals surface area (Å²) in [5.41, 5.74) is 0.884. The first-order valence-electron chi connectivity index (χ1n) is 8.36. The molecular weight excluding hydrogens is 265 g/mol. The fourth-order valence-corrected chi connectivity index (χ4v) is 4.35. The first-order chi connectivity index (χ1) is 10.3. The normalized spacial score (nSPS) is 23.5. The molecule has 1 aromatic rings. The van der Waals surface area contributed by atoms with E-state index in [1.165, 1.54) is 44.7 Å². The third kappa shape index (κ3) is 2.71. The van der Waals surface area contributed by atoms with Crippen LogP contribution in [0.5, 0.6) is 0 Å². The Balaban J connectivity index is 1.99. The molecule has 2 heterocycles. The molecule has 0 amide bonds. The number of hydrogen-bond donors (Lipinski definition) is 1. The van der Waals surface area contributed by atoms with E-state index >= 15 is 0 Å². The van der Waals surface area contributed by atoms with Crippen molar-refractivity contribution in [1.82, 2.24) is 15.2 Å². The molecule has 1 saturated carbocycles. The molecule has 1 aliphatic heterocycles. The molecule has 0 spiro atoms. The molecule has 0 aromatic carbocycles. The summed E-state index contributed by atoms with van der Waals surface area (Å²) in [6, 6.07) is 1.94. The van der Waals surface area contributed by atoms with Crippen molar-refractivity contribution in [2.45, 2.75) is 57.0 Å². The summed E-state index contributed by atoms with van der Waals surface area (Å²) in [7, 11) is 0. The second kappa shape index (κ2) is 6.41. The minimum absolute atomic E-state index is 0.0751. The number of pyridine rings is 1. The van der Waals surface area contributed by atoms with E-state index < -0.39 is 0 Å². The molecule has 1 atom stereocenters. The Labute approximate surface area is 126 Å². The number of likely N-dealkylation sites (N-methyl/N-ethyl adjacent to an activating group) is 1. The van der Waals surface area contributed by atoms with Crippen molar-refractivity contribution in [3.63, 3.8) is 0 Å². The maximum Gasteiger partial charge on any atom is 0.146 e. The molecule has 3 rings (SSSR count). The Bertz CT molecular complexity index is 465. The lowest BCUT2D eigenvalue weighted by Crippen LogP contribution is -2.54. The fraction of sp³-hybridized carbons (Fsp3) is 0.706. The predicted molar refractivity (Wildman–Crippen MR) is 82.6 cm³/mol. The molecule has 2 fully saturated rings. The molecule has 21 heavy (non-hydrogen) atoms. The van der Waals surface area contributed by atoms with Gasteiger partial charge in [0.2, 0.25) is 0 Å². The van der Waals surface area contributed by atoms with Crippen LogP contribution in [0, 0.1) is 5.82 Å². The van der Waals surface area contributed by atoms with Gasteiger partial charge in [-0.25, -0.2) is 4.39 Å². The zero-order valence-electron chi connectivity index (χ0n) is 12.9. The van der Waals surface area contributed by atoms with E-state index in [4.69, 9.17) is 0 Å². The third-order valence-electron chi connectivity index (χ3n) is 5.27. The number of nitrogens with zero attached hydrogens (tertiary/aromatic N) is 2. The summed E-state index contributed by atoms with van der Waals surface area (Å²) >= 11 is 0. The van der Waals surface area contributed by atoms with E-state index in [2.05, 4.69) is 22.1 Å². The van der Waals surface area contributed by atoms with Crippen LogP contribution >= 0.6 is 0 Å². The molecule has 116 valence electrons. The lowest BCUT2D eigenvalue weighted by Gasteiger charge is -2.45. The molecule has 1 unspecified atom stereocenters. The van der Waals surface area contributed by atoms with E-state index in [0.29, 0.717) is 0 Å². The van der Waals surface area contributed by atoms with Gasteiger partial charge >= 0.3 is 0 Å². The van der Waals surface area contributed by atoms with Crippen LogP contribution in [-0.2, 0) is 0 Å². The summed E-state index contributed by atoms with van der Waals surface area (Å²) in [5.74, 6) is -0.172. The second-order valence-corrected chi connectivity index (χ2v) is 6.39. The summed E-state index contributed by atoms with van der Waals surface area (Å²) in [6.07, 6.45) is 10.5. The number of hydrogen-bond acceptors (Lipinski definition) is 3. The van der Waals surface area contributed by atoms with Gasteiger partial charge in [-0.2, -0.15) is 0 Å². The largest absolute Gasteiger partial charge is 0.309 e. The lowest BCUT2D eigenvalue weighted by molar-refractivity contribution is 0.0755. The highest BCUT2D eigenvalue weighted by Crippen LogP contribution is 2.46. The van der Waals surface area contributed by atoms with E-state index in [0.717, 1.165) is 25.2 Å². The number of likely N-dealkylation sites (tertiary alicyclic amines) is 1. The van der Waals surface area contributed by atoms with Crippen LogP contribution in [0.2, 0.25) is 0 Å². The molecule has 3 nitrogen and oxygen atoms in total. The number of halogens is 1. The molecule has 1 saturated heterocycles. The summed E-state index contributed by atoms with van der Waals surface area (Å²) in [6.45, 7) is 5.30. The van der Waals surface area contributed by atoms with Gasteiger partial charge in [0.15, 0.2) is 0 Å². The van der Waals surface area contributed by atoms with Crippen LogP contribution in [0.4, 0.5) is 4.39 Å². The topological polar surface area (TPSA) is 28.2 Å². The molecule has 1 N–H and O–H groups in total. The third-order valence-corrected chi connectivity index (χ3v) is 5.27.